The zero-order valence-corrected chi connectivity index (χ0v) is 14.6. The van der Waals surface area contributed by atoms with Crippen molar-refractivity contribution in [2.24, 2.45) is 0 Å². The summed E-state index contributed by atoms with van der Waals surface area (Å²) >= 11 is 5.89. The van der Waals surface area contributed by atoms with E-state index < -0.39 is 0 Å². The number of carbonyl (C=O) groups is 2. The van der Waals surface area contributed by atoms with Crippen molar-refractivity contribution in [1.29, 1.82) is 0 Å². The van der Waals surface area contributed by atoms with Crippen LogP contribution in [-0.4, -0.2) is 24.5 Å². The molecule has 0 spiro atoms. The quantitative estimate of drug-likeness (QED) is 0.829. The lowest BCUT2D eigenvalue weighted by Gasteiger charge is -2.10. The van der Waals surface area contributed by atoms with E-state index in [1.165, 1.54) is 0 Å². The number of hydrogen-bond donors (Lipinski definition) is 2. The van der Waals surface area contributed by atoms with E-state index in [1.807, 2.05) is 6.92 Å². The molecule has 2 aromatic rings. The smallest absolute Gasteiger partial charge is 0.262 e. The zero-order chi connectivity index (χ0) is 17.8. The molecule has 0 aliphatic heterocycles. The molecule has 1 aliphatic rings. The number of nitrogens with one attached hydrogen (secondary N) is 2. The van der Waals surface area contributed by atoms with E-state index >= 15 is 0 Å². The minimum atomic E-state index is -0.274. The van der Waals surface area contributed by atoms with Crippen LogP contribution >= 0.6 is 11.6 Å². The number of benzene rings is 2. The second-order valence-electron chi connectivity index (χ2n) is 6.07. The molecule has 0 radical (unpaired) electrons. The minimum Gasteiger partial charge on any atom is -0.483 e. The van der Waals surface area contributed by atoms with Gasteiger partial charge >= 0.3 is 0 Å². The molecule has 1 aliphatic carbocycles. The first-order valence-corrected chi connectivity index (χ1v) is 8.49. The van der Waals surface area contributed by atoms with E-state index in [0.29, 0.717) is 28.1 Å². The lowest BCUT2D eigenvalue weighted by Crippen LogP contribution is -2.25. The Morgan fingerprint density at radius 1 is 1.16 bits per heavy atom. The molecule has 0 heterocycles. The van der Waals surface area contributed by atoms with Gasteiger partial charge in [-0.1, -0.05) is 11.6 Å². The molecular formula is C19H19ClN2O3. The van der Waals surface area contributed by atoms with E-state index in [4.69, 9.17) is 16.3 Å². The highest BCUT2D eigenvalue weighted by molar-refractivity contribution is 6.30. The third-order valence-electron chi connectivity index (χ3n) is 3.84. The van der Waals surface area contributed by atoms with Crippen LogP contribution in [0.1, 0.15) is 28.8 Å². The van der Waals surface area contributed by atoms with Gasteiger partial charge in [-0.3, -0.25) is 9.59 Å². The fourth-order valence-corrected chi connectivity index (χ4v) is 2.54. The Labute approximate surface area is 151 Å². The fraction of sp³-hybridized carbons (Fsp3) is 0.263. The van der Waals surface area contributed by atoms with E-state index in [0.717, 1.165) is 18.4 Å². The molecule has 25 heavy (non-hydrogen) atoms. The van der Waals surface area contributed by atoms with Crippen LogP contribution in [0.25, 0.3) is 0 Å². The van der Waals surface area contributed by atoms with Crippen LogP contribution in [0, 0.1) is 6.92 Å². The summed E-state index contributed by atoms with van der Waals surface area (Å²) in [5.41, 5.74) is 2.06. The Hall–Kier alpha value is -2.53. The molecule has 0 atom stereocenters. The van der Waals surface area contributed by atoms with Crippen LogP contribution in [0.4, 0.5) is 5.69 Å². The molecular weight excluding hydrogens is 340 g/mol. The van der Waals surface area contributed by atoms with Gasteiger partial charge in [-0.2, -0.15) is 0 Å². The lowest BCUT2D eigenvalue weighted by molar-refractivity contribution is -0.118. The lowest BCUT2D eigenvalue weighted by atomic mass is 10.2. The molecule has 2 N–H and O–H groups in total. The molecule has 1 saturated carbocycles. The predicted octanol–water partition coefficient (Wildman–Crippen LogP) is 3.56. The second-order valence-corrected chi connectivity index (χ2v) is 6.51. The average Bonchev–Trinajstić information content (AvgIpc) is 3.38. The normalized spacial score (nSPS) is 13.2. The van der Waals surface area contributed by atoms with Gasteiger partial charge in [-0.05, 0) is 67.8 Å². The van der Waals surface area contributed by atoms with Gasteiger partial charge in [0.1, 0.15) is 5.75 Å². The summed E-state index contributed by atoms with van der Waals surface area (Å²) in [4.78, 5) is 23.9. The van der Waals surface area contributed by atoms with Gasteiger partial charge < -0.3 is 15.4 Å². The van der Waals surface area contributed by atoms with Gasteiger partial charge in [0.25, 0.3) is 11.8 Å². The van der Waals surface area contributed by atoms with Crippen molar-refractivity contribution < 1.29 is 14.3 Å². The summed E-state index contributed by atoms with van der Waals surface area (Å²) in [6, 6.07) is 12.3. The zero-order valence-electron chi connectivity index (χ0n) is 13.8. The highest BCUT2D eigenvalue weighted by Crippen LogP contribution is 2.22. The van der Waals surface area contributed by atoms with Crippen LogP contribution in [0.15, 0.2) is 42.5 Å². The largest absolute Gasteiger partial charge is 0.483 e. The molecule has 5 nitrogen and oxygen atoms in total. The fourth-order valence-electron chi connectivity index (χ4n) is 2.32. The first-order chi connectivity index (χ1) is 12.0. The van der Waals surface area contributed by atoms with Gasteiger partial charge in [0.05, 0.1) is 0 Å². The van der Waals surface area contributed by atoms with Crippen LogP contribution < -0.4 is 15.4 Å². The van der Waals surface area contributed by atoms with Gasteiger partial charge in [-0.25, -0.2) is 0 Å². The van der Waals surface area contributed by atoms with Crippen molar-refractivity contribution in [1.82, 2.24) is 5.32 Å². The van der Waals surface area contributed by atoms with Crippen molar-refractivity contribution in [2.45, 2.75) is 25.8 Å². The van der Waals surface area contributed by atoms with Crippen molar-refractivity contribution >= 4 is 29.1 Å². The first kappa shape index (κ1) is 17.3. The summed E-state index contributed by atoms with van der Waals surface area (Å²) in [6.07, 6.45) is 2.10. The topological polar surface area (TPSA) is 67.4 Å². The summed E-state index contributed by atoms with van der Waals surface area (Å²) in [7, 11) is 0. The Bertz CT molecular complexity index is 786. The minimum absolute atomic E-state index is 0.0816. The molecule has 0 saturated heterocycles. The van der Waals surface area contributed by atoms with Crippen molar-refractivity contribution in [2.75, 3.05) is 11.9 Å². The summed E-state index contributed by atoms with van der Waals surface area (Å²) in [6.45, 7) is 1.76. The monoisotopic (exact) mass is 358 g/mol. The van der Waals surface area contributed by atoms with Gasteiger partial charge in [0, 0.05) is 22.3 Å². The van der Waals surface area contributed by atoms with Crippen molar-refractivity contribution in [3.63, 3.8) is 0 Å². The van der Waals surface area contributed by atoms with Crippen molar-refractivity contribution in [3.05, 3.63) is 58.6 Å². The highest BCUT2D eigenvalue weighted by atomic mass is 35.5. The van der Waals surface area contributed by atoms with E-state index in [-0.39, 0.29) is 18.4 Å². The van der Waals surface area contributed by atoms with E-state index in [9.17, 15) is 9.59 Å². The Balaban J connectivity index is 1.51. The van der Waals surface area contributed by atoms with E-state index in [1.54, 1.807) is 42.5 Å². The molecule has 130 valence electrons. The van der Waals surface area contributed by atoms with Crippen LogP contribution in [0.2, 0.25) is 5.02 Å². The number of rotatable bonds is 6. The molecule has 0 bridgehead atoms. The molecule has 1 fully saturated rings. The van der Waals surface area contributed by atoms with Gasteiger partial charge in [-0.15, -0.1) is 0 Å². The molecule has 0 unspecified atom stereocenters. The van der Waals surface area contributed by atoms with Crippen LogP contribution in [0.3, 0.4) is 0 Å². The number of carbonyl (C=O) groups excluding carboxylic acids is 2. The maximum Gasteiger partial charge on any atom is 0.262 e. The van der Waals surface area contributed by atoms with E-state index in [2.05, 4.69) is 10.6 Å². The number of aryl methyl sites for hydroxylation is 1. The highest BCUT2D eigenvalue weighted by Gasteiger charge is 2.23. The molecule has 0 aromatic heterocycles. The Morgan fingerprint density at radius 2 is 1.88 bits per heavy atom. The maximum absolute atomic E-state index is 12.0. The SMILES string of the molecule is Cc1cc(Cl)ccc1OCC(=O)Nc1ccc(C(=O)NC2CC2)cc1. The number of hydrogen-bond acceptors (Lipinski definition) is 3. The number of anilines is 1. The summed E-state index contributed by atoms with van der Waals surface area (Å²) in [5, 5.41) is 6.29. The third-order valence-corrected chi connectivity index (χ3v) is 4.07. The predicted molar refractivity (Wildman–Crippen MR) is 97.2 cm³/mol. The Kier molecular flexibility index (Phi) is 5.24. The maximum atomic E-state index is 12.0. The van der Waals surface area contributed by atoms with Gasteiger partial charge in [0.15, 0.2) is 6.61 Å². The van der Waals surface area contributed by atoms with Crippen LogP contribution in [0.5, 0.6) is 5.75 Å². The standard InChI is InChI=1S/C19H19ClN2O3/c1-12-10-14(20)4-9-17(12)25-11-18(23)21-15-5-2-13(3-6-15)19(24)22-16-7-8-16/h2-6,9-10,16H,7-8,11H2,1H3,(H,21,23)(H,22,24). The Morgan fingerprint density at radius 3 is 2.52 bits per heavy atom. The number of halogens is 1. The van der Waals surface area contributed by atoms with Gasteiger partial charge in [0.2, 0.25) is 0 Å². The molecule has 2 aromatic carbocycles. The van der Waals surface area contributed by atoms with Crippen molar-refractivity contribution in [3.8, 4) is 5.75 Å². The van der Waals surface area contributed by atoms with Crippen LogP contribution in [-0.2, 0) is 4.79 Å². The molecule has 2 amide bonds. The number of amides is 2. The molecule has 6 heteroatoms. The first-order valence-electron chi connectivity index (χ1n) is 8.11. The number of ether oxygens (including phenoxy) is 1. The summed E-state index contributed by atoms with van der Waals surface area (Å²) in [5.74, 6) is 0.262. The molecule has 3 rings (SSSR count). The second kappa shape index (κ2) is 7.57. The third kappa shape index (κ3) is 4.97. The average molecular weight is 359 g/mol. The summed E-state index contributed by atoms with van der Waals surface area (Å²) < 4.78 is 5.50.